The summed E-state index contributed by atoms with van der Waals surface area (Å²) in [5, 5.41) is 0.443. The van der Waals surface area contributed by atoms with E-state index in [9.17, 15) is 4.39 Å². The second-order valence-corrected chi connectivity index (χ2v) is 4.88. The molecule has 3 nitrogen and oxygen atoms in total. The molecule has 0 radical (unpaired) electrons. The summed E-state index contributed by atoms with van der Waals surface area (Å²) in [7, 11) is 0. The minimum absolute atomic E-state index is 0.124. The summed E-state index contributed by atoms with van der Waals surface area (Å²) in [5.41, 5.74) is 6.21. The minimum atomic E-state index is -0.363. The Balaban J connectivity index is 2.16. The van der Waals surface area contributed by atoms with Crippen LogP contribution in [0.4, 0.5) is 10.2 Å². The molecule has 0 bridgehead atoms. The first-order chi connectivity index (χ1) is 8.56. The van der Waals surface area contributed by atoms with Gasteiger partial charge in [0.05, 0.1) is 0 Å². The van der Waals surface area contributed by atoms with Gasteiger partial charge in [-0.05, 0) is 40.2 Å². The van der Waals surface area contributed by atoms with Gasteiger partial charge < -0.3 is 10.5 Å². The smallest absolute Gasteiger partial charge is 0.166 e. The molecule has 1 heterocycles. The zero-order chi connectivity index (χ0) is 13.1. The van der Waals surface area contributed by atoms with E-state index in [0.29, 0.717) is 16.3 Å². The maximum Gasteiger partial charge on any atom is 0.166 e. The van der Waals surface area contributed by atoms with E-state index < -0.39 is 0 Å². The highest BCUT2D eigenvalue weighted by Crippen LogP contribution is 2.25. The third-order valence-corrected chi connectivity index (χ3v) is 3.04. The van der Waals surface area contributed by atoms with Crippen LogP contribution < -0.4 is 10.5 Å². The van der Waals surface area contributed by atoms with Gasteiger partial charge in [0.25, 0.3) is 0 Å². The molecule has 6 heteroatoms. The van der Waals surface area contributed by atoms with Crippen LogP contribution in [0.25, 0.3) is 0 Å². The second-order valence-electron chi connectivity index (χ2n) is 3.56. The molecular formula is C12H9BrClFN2O. The van der Waals surface area contributed by atoms with Gasteiger partial charge in [0, 0.05) is 21.3 Å². The standard InChI is InChI=1S/C12H9BrClFN2O/c13-8-4-11(12(16)17-5-8)18-6-7-3-9(15)1-2-10(7)14/h1-5H,6H2,(H2,16,17). The monoisotopic (exact) mass is 330 g/mol. The molecule has 0 aliphatic rings. The zero-order valence-electron chi connectivity index (χ0n) is 9.16. The van der Waals surface area contributed by atoms with Gasteiger partial charge in [0.1, 0.15) is 12.4 Å². The zero-order valence-corrected chi connectivity index (χ0v) is 11.5. The van der Waals surface area contributed by atoms with Crippen molar-refractivity contribution in [2.24, 2.45) is 0 Å². The van der Waals surface area contributed by atoms with Crippen LogP contribution >= 0.6 is 27.5 Å². The second kappa shape index (κ2) is 5.54. The third-order valence-electron chi connectivity index (χ3n) is 2.24. The number of halogens is 3. The molecule has 18 heavy (non-hydrogen) atoms. The Kier molecular flexibility index (Phi) is 4.04. The van der Waals surface area contributed by atoms with E-state index in [2.05, 4.69) is 20.9 Å². The Hall–Kier alpha value is -1.33. The Bertz CT molecular complexity index is 528. The van der Waals surface area contributed by atoms with E-state index in [1.165, 1.54) is 18.2 Å². The molecule has 2 N–H and O–H groups in total. The molecule has 1 aromatic carbocycles. The molecule has 2 aromatic rings. The van der Waals surface area contributed by atoms with Gasteiger partial charge in [-0.3, -0.25) is 0 Å². The fraction of sp³-hybridized carbons (Fsp3) is 0.0833. The highest BCUT2D eigenvalue weighted by atomic mass is 79.9. The molecular weight excluding hydrogens is 322 g/mol. The van der Waals surface area contributed by atoms with Gasteiger partial charge in [-0.15, -0.1) is 0 Å². The van der Waals surface area contributed by atoms with Crippen LogP contribution in [0, 0.1) is 5.82 Å². The number of pyridine rings is 1. The Morgan fingerprint density at radius 2 is 2.17 bits per heavy atom. The summed E-state index contributed by atoms with van der Waals surface area (Å²) in [6, 6.07) is 5.79. The molecule has 0 aliphatic heterocycles. The van der Waals surface area contributed by atoms with Crippen molar-refractivity contribution in [3.8, 4) is 5.75 Å². The van der Waals surface area contributed by atoms with E-state index in [-0.39, 0.29) is 18.2 Å². The van der Waals surface area contributed by atoms with Crippen LogP contribution in [0.1, 0.15) is 5.56 Å². The van der Waals surface area contributed by atoms with Crippen molar-refractivity contribution in [3.05, 3.63) is 51.3 Å². The number of nitrogens with zero attached hydrogens (tertiary/aromatic N) is 1. The van der Waals surface area contributed by atoms with Gasteiger partial charge in [0.2, 0.25) is 0 Å². The predicted octanol–water partition coefficient (Wildman–Crippen LogP) is 3.80. The lowest BCUT2D eigenvalue weighted by Crippen LogP contribution is -2.01. The fourth-order valence-corrected chi connectivity index (χ4v) is 1.84. The first-order valence-electron chi connectivity index (χ1n) is 5.04. The molecule has 94 valence electrons. The van der Waals surface area contributed by atoms with Crippen molar-refractivity contribution in [3.63, 3.8) is 0 Å². The van der Waals surface area contributed by atoms with Crippen molar-refractivity contribution >= 4 is 33.3 Å². The number of hydrogen-bond donors (Lipinski definition) is 1. The molecule has 2 rings (SSSR count). The molecule has 0 saturated heterocycles. The normalized spacial score (nSPS) is 10.4. The highest BCUT2D eigenvalue weighted by Gasteiger charge is 2.06. The molecule has 0 saturated carbocycles. The highest BCUT2D eigenvalue weighted by molar-refractivity contribution is 9.10. The van der Waals surface area contributed by atoms with Crippen LogP contribution in [0.5, 0.6) is 5.75 Å². The first-order valence-corrected chi connectivity index (χ1v) is 6.21. The number of rotatable bonds is 3. The van der Waals surface area contributed by atoms with Crippen LogP contribution in [-0.2, 0) is 6.61 Å². The summed E-state index contributed by atoms with van der Waals surface area (Å²) in [6.07, 6.45) is 1.57. The molecule has 0 atom stereocenters. The summed E-state index contributed by atoms with van der Waals surface area (Å²) in [4.78, 5) is 3.93. The molecule has 0 amide bonds. The van der Waals surface area contributed by atoms with Gasteiger partial charge in [0.15, 0.2) is 11.6 Å². The van der Waals surface area contributed by atoms with Crippen molar-refractivity contribution in [1.82, 2.24) is 4.98 Å². The number of aromatic nitrogens is 1. The van der Waals surface area contributed by atoms with E-state index in [1.54, 1.807) is 12.3 Å². The number of anilines is 1. The summed E-state index contributed by atoms with van der Waals surface area (Å²) >= 11 is 9.20. The number of hydrogen-bond acceptors (Lipinski definition) is 3. The van der Waals surface area contributed by atoms with Gasteiger partial charge in [-0.1, -0.05) is 11.6 Å². The third kappa shape index (κ3) is 3.11. The predicted molar refractivity (Wildman–Crippen MR) is 72.1 cm³/mol. The van der Waals surface area contributed by atoms with Crippen LogP contribution in [0.3, 0.4) is 0 Å². The SMILES string of the molecule is Nc1ncc(Br)cc1OCc1cc(F)ccc1Cl. The minimum Gasteiger partial charge on any atom is -0.485 e. The van der Waals surface area contributed by atoms with Crippen molar-refractivity contribution in [2.45, 2.75) is 6.61 Å². The Morgan fingerprint density at radius 1 is 1.39 bits per heavy atom. The average Bonchev–Trinajstić information content (AvgIpc) is 2.34. The topological polar surface area (TPSA) is 48.1 Å². The number of nitrogens with two attached hydrogens (primary N) is 1. The summed E-state index contributed by atoms with van der Waals surface area (Å²) in [5.74, 6) is 0.328. The lowest BCUT2D eigenvalue weighted by molar-refractivity contribution is 0.306. The fourth-order valence-electron chi connectivity index (χ4n) is 1.36. The Morgan fingerprint density at radius 3 is 2.94 bits per heavy atom. The van der Waals surface area contributed by atoms with Gasteiger partial charge in [-0.2, -0.15) is 0 Å². The number of benzene rings is 1. The van der Waals surface area contributed by atoms with Crippen LogP contribution in [0.2, 0.25) is 5.02 Å². The van der Waals surface area contributed by atoms with E-state index in [1.807, 2.05) is 0 Å². The molecule has 0 fully saturated rings. The van der Waals surface area contributed by atoms with Crippen molar-refractivity contribution in [2.75, 3.05) is 5.73 Å². The molecule has 1 aromatic heterocycles. The largest absolute Gasteiger partial charge is 0.485 e. The average molecular weight is 332 g/mol. The number of ether oxygens (including phenoxy) is 1. The van der Waals surface area contributed by atoms with E-state index in [4.69, 9.17) is 22.1 Å². The quantitative estimate of drug-likeness (QED) is 0.930. The van der Waals surface area contributed by atoms with E-state index >= 15 is 0 Å². The van der Waals surface area contributed by atoms with E-state index in [0.717, 1.165) is 4.47 Å². The molecule has 0 aliphatic carbocycles. The molecule has 0 unspecified atom stereocenters. The van der Waals surface area contributed by atoms with Gasteiger partial charge >= 0.3 is 0 Å². The Labute approximate surface area is 117 Å². The van der Waals surface area contributed by atoms with Crippen molar-refractivity contribution < 1.29 is 9.13 Å². The summed E-state index contributed by atoms with van der Waals surface area (Å²) < 4.78 is 19.3. The van der Waals surface area contributed by atoms with Crippen molar-refractivity contribution in [1.29, 1.82) is 0 Å². The molecule has 0 spiro atoms. The first kappa shape index (κ1) is 13.1. The lowest BCUT2D eigenvalue weighted by atomic mass is 10.2. The number of nitrogen functional groups attached to an aromatic ring is 1. The lowest BCUT2D eigenvalue weighted by Gasteiger charge is -2.09. The van der Waals surface area contributed by atoms with Gasteiger partial charge in [-0.25, -0.2) is 9.37 Å². The maximum atomic E-state index is 13.1. The summed E-state index contributed by atoms with van der Waals surface area (Å²) in [6.45, 7) is 0.124. The van der Waals surface area contributed by atoms with Crippen LogP contribution in [-0.4, -0.2) is 4.98 Å². The van der Waals surface area contributed by atoms with Crippen LogP contribution in [0.15, 0.2) is 34.9 Å². The maximum absolute atomic E-state index is 13.1.